The molecule has 7 heteroatoms. The third-order valence-corrected chi connectivity index (χ3v) is 2.08. The number of para-hydroxylation sites is 1. The van der Waals surface area contributed by atoms with Gasteiger partial charge in [0.2, 0.25) is 0 Å². The summed E-state index contributed by atoms with van der Waals surface area (Å²) in [4.78, 5) is 11.3. The maximum absolute atomic E-state index is 11.9. The molecule has 4 nitrogen and oxygen atoms in total. The van der Waals surface area contributed by atoms with E-state index >= 15 is 0 Å². The first kappa shape index (κ1) is 14.3. The summed E-state index contributed by atoms with van der Waals surface area (Å²) in [6.45, 7) is -0.844. The zero-order valence-corrected chi connectivity index (χ0v) is 9.77. The fourth-order valence-electron chi connectivity index (χ4n) is 1.33. The Labute approximate surface area is 103 Å². The van der Waals surface area contributed by atoms with Crippen molar-refractivity contribution in [2.24, 2.45) is 0 Å². The van der Waals surface area contributed by atoms with Crippen LogP contribution in [0.25, 0.3) is 0 Å². The van der Waals surface area contributed by atoms with E-state index in [1.807, 2.05) is 0 Å². The van der Waals surface area contributed by atoms with E-state index in [1.165, 1.54) is 0 Å². The summed E-state index contributed by atoms with van der Waals surface area (Å²) in [7, 11) is 1.74. The molecule has 3 N–H and O–H groups in total. The molecule has 0 unspecified atom stereocenters. The maximum atomic E-state index is 11.9. The van der Waals surface area contributed by atoms with E-state index in [9.17, 15) is 18.0 Å². The average Bonchev–Trinajstić information content (AvgIpc) is 2.29. The summed E-state index contributed by atoms with van der Waals surface area (Å²) in [6.07, 6.45) is -4.41. The molecule has 2 amide bonds. The van der Waals surface area contributed by atoms with Gasteiger partial charge in [-0.25, -0.2) is 4.79 Å². The van der Waals surface area contributed by atoms with E-state index in [1.54, 1.807) is 36.6 Å². The molecular weight excluding hydrogens is 247 g/mol. The molecule has 0 radical (unpaired) electrons. The van der Waals surface area contributed by atoms with E-state index in [-0.39, 0.29) is 0 Å². The first-order valence-electron chi connectivity index (χ1n) is 5.26. The third-order valence-electron chi connectivity index (χ3n) is 2.08. The predicted octanol–water partition coefficient (Wildman–Crippen LogP) is 2.09. The van der Waals surface area contributed by atoms with Crippen LogP contribution in [0.2, 0.25) is 0 Å². The van der Waals surface area contributed by atoms with Crippen molar-refractivity contribution in [2.75, 3.05) is 18.9 Å². The van der Waals surface area contributed by atoms with Crippen molar-refractivity contribution >= 4 is 11.7 Å². The quantitative estimate of drug-likeness (QED) is 0.777. The number of hydrogen-bond acceptors (Lipinski definition) is 2. The highest BCUT2D eigenvalue weighted by atomic mass is 19.4. The van der Waals surface area contributed by atoms with Crippen molar-refractivity contribution in [3.05, 3.63) is 29.8 Å². The Morgan fingerprint density at radius 2 is 1.94 bits per heavy atom. The highest BCUT2D eigenvalue weighted by Gasteiger charge is 2.27. The Kier molecular flexibility index (Phi) is 4.96. The SMILES string of the molecule is CNCc1ccccc1NC(=O)NCC(F)(F)F. The van der Waals surface area contributed by atoms with Crippen molar-refractivity contribution in [2.45, 2.75) is 12.7 Å². The monoisotopic (exact) mass is 261 g/mol. The lowest BCUT2D eigenvalue weighted by atomic mass is 10.2. The molecular formula is C11H14F3N3O. The molecule has 0 heterocycles. The number of halogens is 3. The predicted molar refractivity (Wildman–Crippen MR) is 62.3 cm³/mol. The fourth-order valence-corrected chi connectivity index (χ4v) is 1.33. The van der Waals surface area contributed by atoms with E-state index in [4.69, 9.17) is 0 Å². The molecule has 0 saturated heterocycles. The Balaban J connectivity index is 2.59. The lowest BCUT2D eigenvalue weighted by Crippen LogP contribution is -2.36. The van der Waals surface area contributed by atoms with Gasteiger partial charge >= 0.3 is 12.2 Å². The van der Waals surface area contributed by atoms with Crippen molar-refractivity contribution in [3.63, 3.8) is 0 Å². The van der Waals surface area contributed by atoms with Crippen LogP contribution >= 0.6 is 0 Å². The van der Waals surface area contributed by atoms with Crippen molar-refractivity contribution < 1.29 is 18.0 Å². The molecule has 0 aromatic heterocycles. The van der Waals surface area contributed by atoms with Gasteiger partial charge in [0.1, 0.15) is 6.54 Å². The van der Waals surface area contributed by atoms with Crippen molar-refractivity contribution in [1.82, 2.24) is 10.6 Å². The van der Waals surface area contributed by atoms with Crippen LogP contribution in [0.15, 0.2) is 24.3 Å². The van der Waals surface area contributed by atoms with Crippen LogP contribution in [0.5, 0.6) is 0 Å². The number of anilines is 1. The first-order chi connectivity index (χ1) is 8.42. The van der Waals surface area contributed by atoms with Crippen LogP contribution in [0.3, 0.4) is 0 Å². The molecule has 0 aliphatic carbocycles. The highest BCUT2D eigenvalue weighted by Crippen LogP contribution is 2.15. The second-order valence-electron chi connectivity index (χ2n) is 3.61. The molecule has 0 fully saturated rings. The van der Waals surface area contributed by atoms with Gasteiger partial charge in [-0.05, 0) is 18.7 Å². The molecule has 100 valence electrons. The average molecular weight is 261 g/mol. The Hall–Kier alpha value is -1.76. The summed E-state index contributed by atoms with van der Waals surface area (Å²) < 4.78 is 35.7. The Morgan fingerprint density at radius 3 is 2.56 bits per heavy atom. The minimum atomic E-state index is -4.41. The first-order valence-corrected chi connectivity index (χ1v) is 5.26. The second kappa shape index (κ2) is 6.25. The highest BCUT2D eigenvalue weighted by molar-refractivity contribution is 5.90. The molecule has 0 saturated carbocycles. The summed E-state index contributed by atoms with van der Waals surface area (Å²) >= 11 is 0. The van der Waals surface area contributed by atoms with E-state index in [0.29, 0.717) is 12.2 Å². The number of benzene rings is 1. The van der Waals surface area contributed by atoms with Gasteiger partial charge < -0.3 is 16.0 Å². The number of hydrogen-bond donors (Lipinski definition) is 3. The number of carbonyl (C=O) groups is 1. The number of nitrogens with one attached hydrogen (secondary N) is 3. The van der Waals surface area contributed by atoms with Crippen molar-refractivity contribution in [1.29, 1.82) is 0 Å². The van der Waals surface area contributed by atoms with Gasteiger partial charge in [-0.2, -0.15) is 13.2 Å². The zero-order chi connectivity index (χ0) is 13.6. The number of alkyl halides is 3. The minimum absolute atomic E-state index is 0.478. The summed E-state index contributed by atoms with van der Waals surface area (Å²) in [6, 6.07) is 6.00. The molecule has 0 atom stereocenters. The third kappa shape index (κ3) is 5.05. The Morgan fingerprint density at radius 1 is 1.28 bits per heavy atom. The number of urea groups is 1. The van der Waals surface area contributed by atoms with E-state index in [0.717, 1.165) is 5.56 Å². The largest absolute Gasteiger partial charge is 0.405 e. The van der Waals surface area contributed by atoms with Crippen molar-refractivity contribution in [3.8, 4) is 0 Å². The molecule has 1 aromatic rings. The van der Waals surface area contributed by atoms with E-state index in [2.05, 4.69) is 10.6 Å². The zero-order valence-electron chi connectivity index (χ0n) is 9.77. The molecule has 0 aliphatic heterocycles. The summed E-state index contributed by atoms with van der Waals surface area (Å²) in [5.41, 5.74) is 1.27. The topological polar surface area (TPSA) is 53.2 Å². The van der Waals surface area contributed by atoms with Gasteiger partial charge in [-0.15, -0.1) is 0 Å². The van der Waals surface area contributed by atoms with Gasteiger partial charge in [0.25, 0.3) is 0 Å². The van der Waals surface area contributed by atoms with Crippen LogP contribution < -0.4 is 16.0 Å². The standard InChI is InChI=1S/C11H14F3N3O/c1-15-6-8-4-2-3-5-9(8)17-10(18)16-7-11(12,13)14/h2-5,15H,6-7H2,1H3,(H2,16,17,18). The van der Waals surface area contributed by atoms with Gasteiger partial charge in [0.05, 0.1) is 0 Å². The van der Waals surface area contributed by atoms with E-state index < -0.39 is 18.8 Å². The fraction of sp³-hybridized carbons (Fsp3) is 0.364. The smallest absolute Gasteiger partial charge is 0.329 e. The molecule has 0 spiro atoms. The van der Waals surface area contributed by atoms with Crippen LogP contribution in [-0.2, 0) is 6.54 Å². The maximum Gasteiger partial charge on any atom is 0.405 e. The van der Waals surface area contributed by atoms with Gasteiger partial charge in [0, 0.05) is 12.2 Å². The molecule has 1 rings (SSSR count). The minimum Gasteiger partial charge on any atom is -0.329 e. The summed E-state index contributed by atoms with van der Waals surface area (Å²) in [5.74, 6) is 0. The lowest BCUT2D eigenvalue weighted by molar-refractivity contribution is -0.122. The molecule has 0 bridgehead atoms. The number of rotatable bonds is 4. The molecule has 1 aromatic carbocycles. The normalized spacial score (nSPS) is 11.1. The van der Waals surface area contributed by atoms with Crippen LogP contribution in [0.4, 0.5) is 23.7 Å². The van der Waals surface area contributed by atoms with Gasteiger partial charge in [-0.1, -0.05) is 18.2 Å². The van der Waals surface area contributed by atoms with Gasteiger partial charge in [0.15, 0.2) is 0 Å². The number of carbonyl (C=O) groups excluding carboxylic acids is 1. The lowest BCUT2D eigenvalue weighted by Gasteiger charge is -2.12. The number of amides is 2. The van der Waals surface area contributed by atoms with Crippen LogP contribution in [-0.4, -0.2) is 25.8 Å². The Bertz CT molecular complexity index is 407. The summed E-state index contributed by atoms with van der Waals surface area (Å²) in [5, 5.41) is 7.03. The van der Waals surface area contributed by atoms with Gasteiger partial charge in [-0.3, -0.25) is 0 Å². The van der Waals surface area contributed by atoms with Crippen LogP contribution in [0.1, 0.15) is 5.56 Å². The molecule has 18 heavy (non-hydrogen) atoms. The second-order valence-corrected chi connectivity index (χ2v) is 3.61. The van der Waals surface area contributed by atoms with Crippen LogP contribution in [0, 0.1) is 0 Å². The molecule has 0 aliphatic rings.